The molecule has 0 aliphatic rings. The highest BCUT2D eigenvalue weighted by atomic mass is 16.5. The molecule has 29 heavy (non-hydrogen) atoms. The van der Waals surface area contributed by atoms with Gasteiger partial charge in [-0.05, 0) is 55.8 Å². The molecule has 0 spiro atoms. The largest absolute Gasteiger partial charge is 0.493 e. The Balaban J connectivity index is 1.79. The van der Waals surface area contributed by atoms with Gasteiger partial charge in [-0.1, -0.05) is 0 Å². The van der Waals surface area contributed by atoms with Gasteiger partial charge in [0.2, 0.25) is 0 Å². The molecule has 0 unspecified atom stereocenters. The Hall–Kier alpha value is -3.61. The zero-order chi connectivity index (χ0) is 20.4. The lowest BCUT2D eigenvalue weighted by atomic mass is 10.1. The Kier molecular flexibility index (Phi) is 5.03. The van der Waals surface area contributed by atoms with Gasteiger partial charge in [-0.2, -0.15) is 5.10 Å². The maximum absolute atomic E-state index is 5.47. The Bertz CT molecular complexity index is 1160. The van der Waals surface area contributed by atoms with Gasteiger partial charge in [-0.15, -0.1) is 0 Å². The summed E-state index contributed by atoms with van der Waals surface area (Å²) >= 11 is 0. The van der Waals surface area contributed by atoms with Crippen LogP contribution in [0.2, 0.25) is 0 Å². The van der Waals surface area contributed by atoms with Gasteiger partial charge in [0.15, 0.2) is 17.1 Å². The Morgan fingerprint density at radius 1 is 0.966 bits per heavy atom. The summed E-state index contributed by atoms with van der Waals surface area (Å²) in [7, 11) is 3.26. The van der Waals surface area contributed by atoms with Crippen molar-refractivity contribution in [3.8, 4) is 22.8 Å². The van der Waals surface area contributed by atoms with E-state index < -0.39 is 0 Å². The molecule has 4 rings (SSSR count). The van der Waals surface area contributed by atoms with E-state index in [0.29, 0.717) is 18.0 Å². The first-order valence-electron chi connectivity index (χ1n) is 9.33. The van der Waals surface area contributed by atoms with Crippen LogP contribution < -0.4 is 14.8 Å². The van der Waals surface area contributed by atoms with Crippen molar-refractivity contribution in [2.45, 2.75) is 20.4 Å². The van der Waals surface area contributed by atoms with Crippen molar-refractivity contribution in [1.82, 2.24) is 19.6 Å². The molecular weight excluding hydrogens is 366 g/mol. The molecule has 1 N–H and O–H groups in total. The van der Waals surface area contributed by atoms with Crippen LogP contribution in [0.1, 0.15) is 17.0 Å². The molecule has 0 saturated heterocycles. The summed E-state index contributed by atoms with van der Waals surface area (Å²) in [6.07, 6.45) is 3.58. The van der Waals surface area contributed by atoms with Gasteiger partial charge in [0, 0.05) is 24.5 Å². The third kappa shape index (κ3) is 3.59. The number of rotatable bonds is 6. The minimum atomic E-state index is 0.669. The van der Waals surface area contributed by atoms with Crippen LogP contribution in [0.3, 0.4) is 0 Å². The maximum Gasteiger partial charge on any atom is 0.177 e. The zero-order valence-corrected chi connectivity index (χ0v) is 16.9. The average molecular weight is 389 g/mol. The number of anilines is 1. The summed E-state index contributed by atoms with van der Waals surface area (Å²) in [4.78, 5) is 8.86. The summed E-state index contributed by atoms with van der Waals surface area (Å²) in [5, 5.41) is 8.20. The second-order valence-corrected chi connectivity index (χ2v) is 6.76. The molecule has 148 valence electrons. The predicted molar refractivity (Wildman–Crippen MR) is 113 cm³/mol. The van der Waals surface area contributed by atoms with E-state index in [2.05, 4.69) is 10.3 Å². The number of methoxy groups -OCH3 is 2. The third-order valence-electron chi connectivity index (χ3n) is 4.77. The third-order valence-corrected chi connectivity index (χ3v) is 4.77. The fourth-order valence-electron chi connectivity index (χ4n) is 3.39. The zero-order valence-electron chi connectivity index (χ0n) is 16.9. The molecule has 0 atom stereocenters. The molecule has 7 heteroatoms. The summed E-state index contributed by atoms with van der Waals surface area (Å²) in [6.45, 7) is 4.65. The van der Waals surface area contributed by atoms with Crippen LogP contribution in [0.25, 0.3) is 16.9 Å². The standard InChI is InChI=1S/C22H23N5O2/c1-14-11-18(24-13-16-7-9-23-10-8-16)22-25-15(2)21(27(22)26-14)17-5-6-19(28-3)20(12-17)29-4/h5-12,24H,13H2,1-4H3. The summed E-state index contributed by atoms with van der Waals surface area (Å²) in [6, 6.07) is 11.8. The SMILES string of the molecule is COc1ccc(-c2c(C)nc3c(NCc4ccncc4)cc(C)nn23)cc1OC. The van der Waals surface area contributed by atoms with Gasteiger partial charge in [0.1, 0.15) is 0 Å². The molecule has 0 aliphatic carbocycles. The van der Waals surface area contributed by atoms with Crippen LogP contribution in [-0.4, -0.2) is 33.8 Å². The molecule has 3 heterocycles. The monoisotopic (exact) mass is 389 g/mol. The summed E-state index contributed by atoms with van der Waals surface area (Å²) < 4.78 is 12.7. The highest BCUT2D eigenvalue weighted by Gasteiger charge is 2.17. The van der Waals surface area contributed by atoms with Gasteiger partial charge in [0.25, 0.3) is 0 Å². The first-order chi connectivity index (χ1) is 14.1. The number of nitrogens with zero attached hydrogens (tertiary/aromatic N) is 4. The van der Waals surface area contributed by atoms with Crippen LogP contribution >= 0.6 is 0 Å². The van der Waals surface area contributed by atoms with Crippen molar-refractivity contribution in [2.24, 2.45) is 0 Å². The van der Waals surface area contributed by atoms with Crippen molar-refractivity contribution >= 4 is 11.3 Å². The fourth-order valence-corrected chi connectivity index (χ4v) is 3.39. The average Bonchev–Trinajstić information content (AvgIpc) is 3.07. The van der Waals surface area contributed by atoms with Gasteiger partial charge in [0.05, 0.1) is 37.0 Å². The highest BCUT2D eigenvalue weighted by molar-refractivity contribution is 5.76. The van der Waals surface area contributed by atoms with Crippen LogP contribution in [0.4, 0.5) is 5.69 Å². The van der Waals surface area contributed by atoms with E-state index in [1.54, 1.807) is 26.6 Å². The number of aryl methyl sites for hydroxylation is 2. The smallest absolute Gasteiger partial charge is 0.177 e. The molecule has 7 nitrogen and oxygen atoms in total. The highest BCUT2D eigenvalue weighted by Crippen LogP contribution is 2.34. The molecule has 0 fully saturated rings. The van der Waals surface area contributed by atoms with Crippen LogP contribution in [0, 0.1) is 13.8 Å². The van der Waals surface area contributed by atoms with Gasteiger partial charge >= 0.3 is 0 Å². The Morgan fingerprint density at radius 3 is 2.45 bits per heavy atom. The molecular formula is C22H23N5O2. The summed E-state index contributed by atoms with van der Waals surface area (Å²) in [5.74, 6) is 1.36. The first kappa shape index (κ1) is 18.7. The minimum absolute atomic E-state index is 0.669. The summed E-state index contributed by atoms with van der Waals surface area (Å²) in [5.41, 5.74) is 6.55. The topological polar surface area (TPSA) is 73.6 Å². The lowest BCUT2D eigenvalue weighted by molar-refractivity contribution is 0.355. The van der Waals surface area contributed by atoms with E-state index in [1.165, 1.54) is 0 Å². The number of hydrogen-bond donors (Lipinski definition) is 1. The number of hydrogen-bond acceptors (Lipinski definition) is 6. The molecule has 3 aromatic heterocycles. The molecule has 0 amide bonds. The quantitative estimate of drug-likeness (QED) is 0.537. The first-order valence-corrected chi connectivity index (χ1v) is 9.33. The number of pyridine rings is 1. The molecule has 0 bridgehead atoms. The maximum atomic E-state index is 5.47. The van der Waals surface area contributed by atoms with E-state index in [1.807, 2.05) is 54.8 Å². The number of ether oxygens (including phenoxy) is 2. The second-order valence-electron chi connectivity index (χ2n) is 6.76. The lowest BCUT2D eigenvalue weighted by Gasteiger charge is -2.11. The number of aromatic nitrogens is 4. The second kappa shape index (κ2) is 7.79. The van der Waals surface area contributed by atoms with E-state index >= 15 is 0 Å². The van der Waals surface area contributed by atoms with E-state index in [4.69, 9.17) is 19.6 Å². The van der Waals surface area contributed by atoms with Crippen LogP contribution in [0.15, 0.2) is 48.8 Å². The van der Waals surface area contributed by atoms with E-state index in [9.17, 15) is 0 Å². The number of fused-ring (bicyclic) bond motifs is 1. The molecule has 4 aromatic rings. The normalized spacial score (nSPS) is 10.9. The number of imidazole rings is 1. The van der Waals surface area contributed by atoms with Gasteiger partial charge < -0.3 is 14.8 Å². The lowest BCUT2D eigenvalue weighted by Crippen LogP contribution is -2.05. The number of benzene rings is 1. The molecule has 0 aliphatic heterocycles. The van der Waals surface area contributed by atoms with Crippen molar-refractivity contribution in [2.75, 3.05) is 19.5 Å². The van der Waals surface area contributed by atoms with Crippen LogP contribution in [0.5, 0.6) is 11.5 Å². The fraction of sp³-hybridized carbons (Fsp3) is 0.227. The molecule has 0 radical (unpaired) electrons. The predicted octanol–water partition coefficient (Wildman–Crippen LogP) is 4.04. The van der Waals surface area contributed by atoms with Crippen molar-refractivity contribution in [3.63, 3.8) is 0 Å². The van der Waals surface area contributed by atoms with Gasteiger partial charge in [-0.3, -0.25) is 4.98 Å². The van der Waals surface area contributed by atoms with Crippen molar-refractivity contribution in [1.29, 1.82) is 0 Å². The van der Waals surface area contributed by atoms with Gasteiger partial charge in [-0.25, -0.2) is 9.50 Å². The van der Waals surface area contributed by atoms with Crippen molar-refractivity contribution < 1.29 is 9.47 Å². The minimum Gasteiger partial charge on any atom is -0.493 e. The molecule has 0 saturated carbocycles. The Morgan fingerprint density at radius 2 is 1.72 bits per heavy atom. The van der Waals surface area contributed by atoms with E-state index in [0.717, 1.165) is 39.5 Å². The van der Waals surface area contributed by atoms with Crippen molar-refractivity contribution in [3.05, 3.63) is 65.7 Å². The Labute approximate surface area is 169 Å². The van der Waals surface area contributed by atoms with E-state index in [-0.39, 0.29) is 0 Å². The number of nitrogens with one attached hydrogen (secondary N) is 1. The van der Waals surface area contributed by atoms with Crippen LogP contribution in [-0.2, 0) is 6.54 Å². The molecule has 1 aromatic carbocycles.